The minimum atomic E-state index is -0.262. The van der Waals surface area contributed by atoms with E-state index in [9.17, 15) is 4.79 Å². The van der Waals surface area contributed by atoms with E-state index in [2.05, 4.69) is 12.1 Å². The third kappa shape index (κ3) is 3.96. The van der Waals surface area contributed by atoms with Crippen LogP contribution in [0.2, 0.25) is 0 Å². The van der Waals surface area contributed by atoms with E-state index in [4.69, 9.17) is 9.47 Å². The highest BCUT2D eigenvalue weighted by molar-refractivity contribution is 5.89. The highest BCUT2D eigenvalue weighted by atomic mass is 127. The number of hydrogen-bond donors (Lipinski definition) is 0. The van der Waals surface area contributed by atoms with E-state index < -0.39 is 0 Å². The van der Waals surface area contributed by atoms with Crippen LogP contribution in [-0.4, -0.2) is 19.7 Å². The van der Waals surface area contributed by atoms with Crippen molar-refractivity contribution in [2.45, 2.75) is 6.92 Å². The first-order valence-corrected chi connectivity index (χ1v) is 8.44. The summed E-state index contributed by atoms with van der Waals surface area (Å²) < 4.78 is 12.7. The van der Waals surface area contributed by atoms with Gasteiger partial charge >= 0.3 is 27.2 Å². The topological polar surface area (TPSA) is 35.5 Å². The first kappa shape index (κ1) is 14.8. The lowest BCUT2D eigenvalue weighted by molar-refractivity contribution is -0.597. The second kappa shape index (κ2) is 7.28. The van der Waals surface area contributed by atoms with Crippen LogP contribution in [0.5, 0.6) is 5.75 Å². The quantitative estimate of drug-likeness (QED) is 0.539. The molecule has 0 amide bonds. The van der Waals surface area contributed by atoms with Crippen molar-refractivity contribution in [2.75, 3.05) is 13.7 Å². The average Bonchev–Trinajstić information content (AvgIpc) is 2.49. The molecule has 0 aromatic heterocycles. The van der Waals surface area contributed by atoms with Crippen LogP contribution in [0.25, 0.3) is 0 Å². The van der Waals surface area contributed by atoms with Gasteiger partial charge in [-0.3, -0.25) is 0 Å². The molecule has 0 radical (unpaired) electrons. The fraction of sp³-hybridized carbons (Fsp3) is 0.188. The smallest absolute Gasteiger partial charge is 0.357 e. The van der Waals surface area contributed by atoms with Gasteiger partial charge in [-0.25, -0.2) is 4.79 Å². The number of benzene rings is 2. The minimum Gasteiger partial charge on any atom is -0.497 e. The second-order valence-electron chi connectivity index (χ2n) is 3.98. The summed E-state index contributed by atoms with van der Waals surface area (Å²) in [5.41, 5.74) is 0.606. The number of carbonyl (C=O) groups is 1. The number of rotatable bonds is 5. The van der Waals surface area contributed by atoms with Crippen LogP contribution < -0.4 is 25.9 Å². The Kier molecular flexibility index (Phi) is 5.40. The van der Waals surface area contributed by atoms with Gasteiger partial charge < -0.3 is 9.47 Å². The number of hydrogen-bond acceptors (Lipinski definition) is 3. The SMILES string of the molecule is CCOC(=O)c1ccc([I+]c2ccc(OC)cc2)cc1. The van der Waals surface area contributed by atoms with Crippen LogP contribution in [0.4, 0.5) is 0 Å². The fourth-order valence-corrected chi connectivity index (χ4v) is 3.78. The molecule has 0 aliphatic rings. The van der Waals surface area contributed by atoms with Gasteiger partial charge in [0.2, 0.25) is 0 Å². The lowest BCUT2D eigenvalue weighted by Gasteiger charge is -2.00. The Bertz CT molecular complexity index is 561. The Balaban J connectivity index is 2.04. The van der Waals surface area contributed by atoms with Crippen LogP contribution in [-0.2, 0) is 4.74 Å². The molecule has 0 unspecified atom stereocenters. The summed E-state index contributed by atoms with van der Waals surface area (Å²) in [5, 5.41) is 0. The van der Waals surface area contributed by atoms with E-state index in [1.54, 1.807) is 14.0 Å². The van der Waals surface area contributed by atoms with Crippen molar-refractivity contribution < 1.29 is 35.5 Å². The minimum absolute atomic E-state index is 0.238. The number of carbonyl (C=O) groups excluding carboxylic acids is 1. The lowest BCUT2D eigenvalue weighted by atomic mass is 10.2. The van der Waals surface area contributed by atoms with E-state index in [0.717, 1.165) is 5.75 Å². The monoisotopic (exact) mass is 383 g/mol. The first-order chi connectivity index (χ1) is 9.72. The van der Waals surface area contributed by atoms with E-state index in [1.807, 2.05) is 36.4 Å². The zero-order valence-corrected chi connectivity index (χ0v) is 13.6. The van der Waals surface area contributed by atoms with Crippen molar-refractivity contribution in [3.63, 3.8) is 0 Å². The number of halogens is 1. The molecular weight excluding hydrogens is 367 g/mol. The Hall–Kier alpha value is -1.56. The molecule has 2 rings (SSSR count). The predicted octanol–water partition coefficient (Wildman–Crippen LogP) is 0.000300. The first-order valence-electron chi connectivity index (χ1n) is 6.29. The summed E-state index contributed by atoms with van der Waals surface area (Å²) in [6, 6.07) is 15.8. The molecule has 0 atom stereocenters. The summed E-state index contributed by atoms with van der Waals surface area (Å²) in [4.78, 5) is 11.6. The van der Waals surface area contributed by atoms with Gasteiger partial charge in [0.1, 0.15) is 5.75 Å². The molecule has 0 aliphatic carbocycles. The van der Waals surface area contributed by atoms with E-state index >= 15 is 0 Å². The highest BCUT2D eigenvalue weighted by Gasteiger charge is 2.16. The maximum atomic E-state index is 11.6. The summed E-state index contributed by atoms with van der Waals surface area (Å²) >= 11 is -0.238. The zero-order chi connectivity index (χ0) is 14.4. The maximum Gasteiger partial charge on any atom is 0.357 e. The highest BCUT2D eigenvalue weighted by Crippen LogP contribution is 2.06. The van der Waals surface area contributed by atoms with Crippen LogP contribution >= 0.6 is 0 Å². The molecular formula is C16H16IO3+. The average molecular weight is 383 g/mol. The molecule has 104 valence electrons. The Labute approximate surface area is 129 Å². The Morgan fingerprint density at radius 1 is 1.00 bits per heavy atom. The molecule has 0 spiro atoms. The summed E-state index contributed by atoms with van der Waals surface area (Å²) in [6.07, 6.45) is 0. The molecule has 0 bridgehead atoms. The van der Waals surface area contributed by atoms with Gasteiger partial charge in [0.05, 0.1) is 19.3 Å². The standard InChI is InChI=1S/C16H16IO3/c1-3-20-16(18)12-4-6-13(7-5-12)17-14-8-10-15(19-2)11-9-14/h4-11H,3H2,1-2H3/q+1. The van der Waals surface area contributed by atoms with Crippen molar-refractivity contribution in [3.05, 3.63) is 61.2 Å². The molecule has 0 N–H and O–H groups in total. The largest absolute Gasteiger partial charge is 0.497 e. The van der Waals surface area contributed by atoms with Gasteiger partial charge in [-0.1, -0.05) is 0 Å². The number of methoxy groups -OCH3 is 1. The molecule has 0 saturated heterocycles. The van der Waals surface area contributed by atoms with Crippen LogP contribution in [0.3, 0.4) is 0 Å². The third-order valence-corrected chi connectivity index (χ3v) is 5.31. The summed E-state index contributed by atoms with van der Waals surface area (Å²) in [6.45, 7) is 2.21. The molecule has 3 nitrogen and oxygen atoms in total. The zero-order valence-electron chi connectivity index (χ0n) is 11.4. The molecule has 2 aromatic rings. The van der Waals surface area contributed by atoms with Crippen molar-refractivity contribution in [3.8, 4) is 5.75 Å². The Morgan fingerprint density at radius 3 is 2.05 bits per heavy atom. The van der Waals surface area contributed by atoms with Crippen molar-refractivity contribution in [1.29, 1.82) is 0 Å². The van der Waals surface area contributed by atoms with Gasteiger partial charge in [0, 0.05) is 0 Å². The van der Waals surface area contributed by atoms with Crippen molar-refractivity contribution in [1.82, 2.24) is 0 Å². The molecule has 2 aromatic carbocycles. The molecule has 4 heteroatoms. The Morgan fingerprint density at radius 2 is 1.55 bits per heavy atom. The van der Waals surface area contributed by atoms with Gasteiger partial charge in [-0.05, 0) is 55.5 Å². The number of ether oxygens (including phenoxy) is 2. The van der Waals surface area contributed by atoms with Crippen LogP contribution in [0.15, 0.2) is 48.5 Å². The maximum absolute atomic E-state index is 11.6. The van der Waals surface area contributed by atoms with E-state index in [1.165, 1.54) is 7.14 Å². The summed E-state index contributed by atoms with van der Waals surface area (Å²) in [5.74, 6) is 0.608. The van der Waals surface area contributed by atoms with Gasteiger partial charge in [0.15, 0.2) is 7.14 Å². The fourth-order valence-electron chi connectivity index (χ4n) is 1.62. The van der Waals surface area contributed by atoms with E-state index in [-0.39, 0.29) is 27.2 Å². The van der Waals surface area contributed by atoms with Crippen LogP contribution in [0.1, 0.15) is 17.3 Å². The predicted molar refractivity (Wildman–Crippen MR) is 72.8 cm³/mol. The molecule has 0 saturated carbocycles. The van der Waals surface area contributed by atoms with Gasteiger partial charge in [0.25, 0.3) is 0 Å². The van der Waals surface area contributed by atoms with Gasteiger partial charge in [-0.2, -0.15) is 0 Å². The van der Waals surface area contributed by atoms with Crippen molar-refractivity contribution in [2.24, 2.45) is 0 Å². The molecule has 0 heterocycles. The molecule has 0 aliphatic heterocycles. The summed E-state index contributed by atoms with van der Waals surface area (Å²) in [7, 11) is 1.66. The second-order valence-corrected chi connectivity index (χ2v) is 7.01. The number of esters is 1. The van der Waals surface area contributed by atoms with Gasteiger partial charge in [-0.15, -0.1) is 0 Å². The van der Waals surface area contributed by atoms with Crippen molar-refractivity contribution >= 4 is 5.97 Å². The third-order valence-electron chi connectivity index (χ3n) is 2.62. The van der Waals surface area contributed by atoms with E-state index in [0.29, 0.717) is 12.2 Å². The normalized spacial score (nSPS) is 10.1. The molecule has 0 fully saturated rings. The molecule has 20 heavy (non-hydrogen) atoms. The van der Waals surface area contributed by atoms with Crippen LogP contribution in [0, 0.1) is 7.14 Å². The lowest BCUT2D eigenvalue weighted by Crippen LogP contribution is -3.61.